The molecule has 0 unspecified atom stereocenters. The summed E-state index contributed by atoms with van der Waals surface area (Å²) in [6.07, 6.45) is 4.77. The van der Waals surface area contributed by atoms with Crippen molar-refractivity contribution in [1.29, 1.82) is 0 Å². The molecule has 25 heavy (non-hydrogen) atoms. The van der Waals surface area contributed by atoms with Gasteiger partial charge in [-0.05, 0) is 18.1 Å². The number of hydrogen-bond acceptors (Lipinski definition) is 4. The van der Waals surface area contributed by atoms with Crippen LogP contribution in [0, 0.1) is 0 Å². The lowest BCUT2D eigenvalue weighted by Gasteiger charge is -2.23. The number of aromatic nitrogens is 2. The molecule has 0 saturated carbocycles. The summed E-state index contributed by atoms with van der Waals surface area (Å²) in [6.45, 7) is 4.66. The summed E-state index contributed by atoms with van der Waals surface area (Å²) >= 11 is 0. The minimum absolute atomic E-state index is 0.103. The highest BCUT2D eigenvalue weighted by Gasteiger charge is 2.22. The number of methoxy groups -OCH3 is 1. The van der Waals surface area contributed by atoms with Crippen molar-refractivity contribution in [2.24, 2.45) is 7.05 Å². The number of ether oxygens (including phenoxy) is 1. The maximum Gasteiger partial charge on any atom is 0.254 e. The van der Waals surface area contributed by atoms with Crippen molar-refractivity contribution >= 4 is 5.91 Å². The molecule has 0 radical (unpaired) electrons. The van der Waals surface area contributed by atoms with Crippen molar-refractivity contribution in [2.45, 2.75) is 19.6 Å². The van der Waals surface area contributed by atoms with Crippen LogP contribution >= 0.6 is 0 Å². The molecule has 0 atom stereocenters. The smallest absolute Gasteiger partial charge is 0.254 e. The molecule has 1 fully saturated rings. The average molecular weight is 342 g/mol. The van der Waals surface area contributed by atoms with E-state index in [2.05, 4.69) is 14.5 Å². The summed E-state index contributed by atoms with van der Waals surface area (Å²) in [7, 11) is 3.67. The SMILES string of the molecule is COCc1ccccc1C(=O)N1CCCN(Cc2nccn2C)CC1. The maximum atomic E-state index is 13.0. The first-order valence-electron chi connectivity index (χ1n) is 8.73. The standard InChI is InChI=1S/C19H26N4O2/c1-21-11-8-20-18(21)14-22-9-5-10-23(13-12-22)19(24)17-7-4-3-6-16(17)15-25-2/h3-4,6-8,11H,5,9-10,12-15H2,1-2H3. The second-order valence-electron chi connectivity index (χ2n) is 6.47. The Labute approximate surface area is 149 Å². The topological polar surface area (TPSA) is 50.6 Å². The zero-order valence-electron chi connectivity index (χ0n) is 15.0. The molecule has 0 aliphatic carbocycles. The predicted molar refractivity (Wildman–Crippen MR) is 96.2 cm³/mol. The van der Waals surface area contributed by atoms with Crippen LogP contribution in [0.15, 0.2) is 36.7 Å². The zero-order valence-corrected chi connectivity index (χ0v) is 15.0. The van der Waals surface area contributed by atoms with E-state index in [0.717, 1.165) is 56.1 Å². The molecule has 0 N–H and O–H groups in total. The van der Waals surface area contributed by atoms with Gasteiger partial charge in [-0.1, -0.05) is 18.2 Å². The lowest BCUT2D eigenvalue weighted by atomic mass is 10.1. The lowest BCUT2D eigenvalue weighted by molar-refractivity contribution is 0.0756. The van der Waals surface area contributed by atoms with Crippen LogP contribution in [0.5, 0.6) is 0 Å². The normalized spacial score (nSPS) is 16.0. The van der Waals surface area contributed by atoms with E-state index in [-0.39, 0.29) is 5.91 Å². The molecule has 6 heteroatoms. The van der Waals surface area contributed by atoms with E-state index >= 15 is 0 Å². The third kappa shape index (κ3) is 4.27. The minimum atomic E-state index is 0.103. The first-order valence-corrected chi connectivity index (χ1v) is 8.73. The third-order valence-corrected chi connectivity index (χ3v) is 4.71. The van der Waals surface area contributed by atoms with Crippen molar-refractivity contribution in [3.05, 3.63) is 53.6 Å². The molecule has 134 valence electrons. The van der Waals surface area contributed by atoms with Crippen molar-refractivity contribution in [3.63, 3.8) is 0 Å². The highest BCUT2D eigenvalue weighted by Crippen LogP contribution is 2.15. The predicted octanol–water partition coefficient (Wildman–Crippen LogP) is 1.91. The summed E-state index contributed by atoms with van der Waals surface area (Å²) < 4.78 is 7.28. The molecule has 3 rings (SSSR count). The van der Waals surface area contributed by atoms with Crippen LogP contribution in [0.25, 0.3) is 0 Å². The number of carbonyl (C=O) groups excluding carboxylic acids is 1. The van der Waals surface area contributed by atoms with Gasteiger partial charge in [-0.15, -0.1) is 0 Å². The van der Waals surface area contributed by atoms with Gasteiger partial charge in [-0.25, -0.2) is 4.98 Å². The molecule has 1 aromatic carbocycles. The van der Waals surface area contributed by atoms with Crippen LogP contribution in [0.2, 0.25) is 0 Å². The number of rotatable bonds is 5. The number of imidazole rings is 1. The molecular weight excluding hydrogens is 316 g/mol. The Morgan fingerprint density at radius 2 is 2.04 bits per heavy atom. The quantitative estimate of drug-likeness (QED) is 0.833. The zero-order chi connectivity index (χ0) is 17.6. The van der Waals surface area contributed by atoms with Gasteiger partial charge in [0.1, 0.15) is 5.82 Å². The Balaban J connectivity index is 1.65. The highest BCUT2D eigenvalue weighted by molar-refractivity contribution is 5.95. The fourth-order valence-electron chi connectivity index (χ4n) is 3.26. The van der Waals surface area contributed by atoms with Crippen LogP contribution in [0.3, 0.4) is 0 Å². The Kier molecular flexibility index (Phi) is 5.83. The Bertz CT molecular complexity index is 713. The van der Waals surface area contributed by atoms with Crippen molar-refractivity contribution in [1.82, 2.24) is 19.4 Å². The molecule has 2 heterocycles. The Morgan fingerprint density at radius 1 is 1.20 bits per heavy atom. The Hall–Kier alpha value is -2.18. The van der Waals surface area contributed by atoms with Gasteiger partial charge in [0.15, 0.2) is 0 Å². The van der Waals surface area contributed by atoms with E-state index in [1.165, 1.54) is 0 Å². The monoisotopic (exact) mass is 342 g/mol. The summed E-state index contributed by atoms with van der Waals surface area (Å²) in [5, 5.41) is 0. The molecule has 1 aromatic heterocycles. The van der Waals surface area contributed by atoms with Gasteiger partial charge >= 0.3 is 0 Å². The fraction of sp³-hybridized carbons (Fsp3) is 0.474. The summed E-state index contributed by atoms with van der Waals surface area (Å²) in [5.41, 5.74) is 1.70. The second-order valence-corrected chi connectivity index (χ2v) is 6.47. The molecule has 0 bridgehead atoms. The van der Waals surface area contributed by atoms with Gasteiger partial charge < -0.3 is 14.2 Å². The molecule has 2 aromatic rings. The van der Waals surface area contributed by atoms with Crippen LogP contribution in [0.1, 0.15) is 28.2 Å². The molecule has 1 amide bonds. The second kappa shape index (κ2) is 8.27. The van der Waals surface area contributed by atoms with Gasteiger partial charge in [0.25, 0.3) is 5.91 Å². The summed E-state index contributed by atoms with van der Waals surface area (Å²) in [5.74, 6) is 1.16. The van der Waals surface area contributed by atoms with Gasteiger partial charge in [0.05, 0.1) is 13.2 Å². The van der Waals surface area contributed by atoms with E-state index in [4.69, 9.17) is 4.74 Å². The number of carbonyl (C=O) groups is 1. The summed E-state index contributed by atoms with van der Waals surface area (Å²) in [4.78, 5) is 21.7. The van der Waals surface area contributed by atoms with E-state index < -0.39 is 0 Å². The number of nitrogens with zero attached hydrogens (tertiary/aromatic N) is 4. The molecular formula is C19H26N4O2. The van der Waals surface area contributed by atoms with Crippen LogP contribution in [0.4, 0.5) is 0 Å². The Morgan fingerprint density at radius 3 is 2.80 bits per heavy atom. The molecule has 1 saturated heterocycles. The van der Waals surface area contributed by atoms with Gasteiger partial charge in [0.2, 0.25) is 0 Å². The maximum absolute atomic E-state index is 13.0. The molecule has 0 spiro atoms. The number of aryl methyl sites for hydroxylation is 1. The van der Waals surface area contributed by atoms with E-state index in [9.17, 15) is 4.79 Å². The van der Waals surface area contributed by atoms with Gasteiger partial charge in [-0.2, -0.15) is 0 Å². The van der Waals surface area contributed by atoms with Crippen molar-refractivity contribution in [3.8, 4) is 0 Å². The van der Waals surface area contributed by atoms with Gasteiger partial charge in [0, 0.05) is 58.3 Å². The van der Waals surface area contributed by atoms with Crippen LogP contribution in [-0.4, -0.2) is 58.5 Å². The first kappa shape index (κ1) is 17.6. The van der Waals surface area contributed by atoms with Gasteiger partial charge in [-0.3, -0.25) is 9.69 Å². The van der Waals surface area contributed by atoms with Crippen LogP contribution < -0.4 is 0 Å². The highest BCUT2D eigenvalue weighted by atomic mass is 16.5. The third-order valence-electron chi connectivity index (χ3n) is 4.71. The molecule has 1 aliphatic rings. The number of benzene rings is 1. The first-order chi connectivity index (χ1) is 12.2. The largest absolute Gasteiger partial charge is 0.380 e. The molecule has 1 aliphatic heterocycles. The van der Waals surface area contributed by atoms with E-state index in [1.807, 2.05) is 48.6 Å². The van der Waals surface area contributed by atoms with E-state index in [0.29, 0.717) is 6.61 Å². The van der Waals surface area contributed by atoms with E-state index in [1.54, 1.807) is 7.11 Å². The minimum Gasteiger partial charge on any atom is -0.380 e. The van der Waals surface area contributed by atoms with Crippen molar-refractivity contribution in [2.75, 3.05) is 33.3 Å². The van der Waals surface area contributed by atoms with Crippen molar-refractivity contribution < 1.29 is 9.53 Å². The number of hydrogen-bond donors (Lipinski definition) is 0. The summed E-state index contributed by atoms with van der Waals surface area (Å²) in [6, 6.07) is 7.72. The fourth-order valence-corrected chi connectivity index (χ4v) is 3.26. The molecule has 6 nitrogen and oxygen atoms in total. The number of amides is 1. The van der Waals surface area contributed by atoms with Crippen LogP contribution in [-0.2, 0) is 24.9 Å². The average Bonchev–Trinajstić information content (AvgIpc) is 2.88. The lowest BCUT2D eigenvalue weighted by Crippen LogP contribution is -2.35.